The van der Waals surface area contributed by atoms with Crippen LogP contribution >= 0.6 is 0 Å². The zero-order valence-electron chi connectivity index (χ0n) is 7.34. The van der Waals surface area contributed by atoms with Crippen LogP contribution in [0.4, 0.5) is 0 Å². The third-order valence-electron chi connectivity index (χ3n) is 1.98. The fraction of sp³-hybridized carbons (Fsp3) is 0.875. The average molecular weight is 173 g/mol. The SMILES string of the molecule is COCNC(=O)C1CCOCC1. The predicted octanol–water partition coefficient (Wildman–Crippen LogP) is 0.133. The van der Waals surface area contributed by atoms with E-state index in [1.54, 1.807) is 7.11 Å². The van der Waals surface area contributed by atoms with Crippen molar-refractivity contribution in [2.75, 3.05) is 27.1 Å². The highest BCUT2D eigenvalue weighted by Gasteiger charge is 2.20. The molecule has 1 N–H and O–H groups in total. The van der Waals surface area contributed by atoms with Crippen LogP contribution in [-0.2, 0) is 14.3 Å². The van der Waals surface area contributed by atoms with Gasteiger partial charge in [0.05, 0.1) is 0 Å². The molecule has 0 saturated carbocycles. The Morgan fingerprint density at radius 3 is 2.83 bits per heavy atom. The van der Waals surface area contributed by atoms with Crippen molar-refractivity contribution in [3.05, 3.63) is 0 Å². The number of amides is 1. The molecule has 0 radical (unpaired) electrons. The Morgan fingerprint density at radius 2 is 2.25 bits per heavy atom. The minimum Gasteiger partial charge on any atom is -0.381 e. The van der Waals surface area contributed by atoms with Crippen LogP contribution in [0.3, 0.4) is 0 Å². The van der Waals surface area contributed by atoms with E-state index in [0.717, 1.165) is 12.8 Å². The first-order valence-electron chi connectivity index (χ1n) is 4.19. The standard InChI is InChI=1S/C8H15NO3/c1-11-6-9-8(10)7-2-4-12-5-3-7/h7H,2-6H2,1H3,(H,9,10). The Balaban J connectivity index is 2.20. The van der Waals surface area contributed by atoms with E-state index >= 15 is 0 Å². The molecule has 0 bridgehead atoms. The third-order valence-corrected chi connectivity index (χ3v) is 1.98. The highest BCUT2D eigenvalue weighted by Crippen LogP contribution is 2.14. The molecule has 0 aromatic carbocycles. The van der Waals surface area contributed by atoms with Crippen molar-refractivity contribution in [2.45, 2.75) is 12.8 Å². The van der Waals surface area contributed by atoms with Crippen molar-refractivity contribution in [1.82, 2.24) is 5.32 Å². The Kier molecular flexibility index (Phi) is 4.04. The van der Waals surface area contributed by atoms with Crippen molar-refractivity contribution in [3.8, 4) is 0 Å². The largest absolute Gasteiger partial charge is 0.381 e. The van der Waals surface area contributed by atoms with E-state index in [-0.39, 0.29) is 11.8 Å². The molecule has 1 heterocycles. The molecule has 1 rings (SSSR count). The van der Waals surface area contributed by atoms with Crippen LogP contribution in [0, 0.1) is 5.92 Å². The molecular weight excluding hydrogens is 158 g/mol. The van der Waals surface area contributed by atoms with Gasteiger partial charge < -0.3 is 14.8 Å². The van der Waals surface area contributed by atoms with Crippen LogP contribution in [0.1, 0.15) is 12.8 Å². The Morgan fingerprint density at radius 1 is 1.58 bits per heavy atom. The molecular formula is C8H15NO3. The zero-order chi connectivity index (χ0) is 8.81. The number of rotatable bonds is 3. The van der Waals surface area contributed by atoms with E-state index in [1.807, 2.05) is 0 Å². The van der Waals surface area contributed by atoms with E-state index in [4.69, 9.17) is 9.47 Å². The lowest BCUT2D eigenvalue weighted by atomic mass is 10.00. The summed E-state index contributed by atoms with van der Waals surface area (Å²) >= 11 is 0. The predicted molar refractivity (Wildman–Crippen MR) is 43.6 cm³/mol. The molecule has 1 amide bonds. The highest BCUT2D eigenvalue weighted by atomic mass is 16.5. The van der Waals surface area contributed by atoms with Gasteiger partial charge in [-0.05, 0) is 12.8 Å². The highest BCUT2D eigenvalue weighted by molar-refractivity contribution is 5.78. The van der Waals surface area contributed by atoms with Crippen molar-refractivity contribution in [1.29, 1.82) is 0 Å². The molecule has 1 aliphatic heterocycles. The normalized spacial score (nSPS) is 19.1. The minimum atomic E-state index is 0.0835. The van der Waals surface area contributed by atoms with E-state index < -0.39 is 0 Å². The van der Waals surface area contributed by atoms with Gasteiger partial charge in [0.15, 0.2) is 0 Å². The number of methoxy groups -OCH3 is 1. The maximum absolute atomic E-state index is 11.3. The molecule has 70 valence electrons. The van der Waals surface area contributed by atoms with Gasteiger partial charge in [-0.1, -0.05) is 0 Å². The molecule has 1 fully saturated rings. The molecule has 0 atom stereocenters. The van der Waals surface area contributed by atoms with E-state index in [0.29, 0.717) is 19.9 Å². The molecule has 12 heavy (non-hydrogen) atoms. The van der Waals surface area contributed by atoms with Crippen molar-refractivity contribution in [3.63, 3.8) is 0 Å². The number of hydrogen-bond donors (Lipinski definition) is 1. The first-order valence-corrected chi connectivity index (χ1v) is 4.19. The summed E-state index contributed by atoms with van der Waals surface area (Å²) in [6, 6.07) is 0. The first kappa shape index (κ1) is 9.48. The fourth-order valence-corrected chi connectivity index (χ4v) is 1.25. The molecule has 0 spiro atoms. The summed E-state index contributed by atoms with van der Waals surface area (Å²) < 4.78 is 9.88. The lowest BCUT2D eigenvalue weighted by Crippen LogP contribution is -2.35. The summed E-state index contributed by atoms with van der Waals surface area (Å²) in [6.07, 6.45) is 1.66. The smallest absolute Gasteiger partial charge is 0.225 e. The summed E-state index contributed by atoms with van der Waals surface area (Å²) in [6.45, 7) is 1.70. The second-order valence-electron chi connectivity index (χ2n) is 2.86. The van der Waals surface area contributed by atoms with Crippen LogP contribution in [-0.4, -0.2) is 33.0 Å². The Hall–Kier alpha value is -0.610. The molecule has 0 aliphatic carbocycles. The quantitative estimate of drug-likeness (QED) is 0.617. The van der Waals surface area contributed by atoms with Gasteiger partial charge in [-0.15, -0.1) is 0 Å². The Bertz CT molecular complexity index is 143. The van der Waals surface area contributed by atoms with Gasteiger partial charge in [0.2, 0.25) is 5.91 Å². The zero-order valence-corrected chi connectivity index (χ0v) is 7.34. The molecule has 1 saturated heterocycles. The number of hydrogen-bond acceptors (Lipinski definition) is 3. The lowest BCUT2D eigenvalue weighted by Gasteiger charge is -2.20. The average Bonchev–Trinajstić information content (AvgIpc) is 2.15. The first-order chi connectivity index (χ1) is 5.84. The van der Waals surface area contributed by atoms with E-state index in [2.05, 4.69) is 5.32 Å². The van der Waals surface area contributed by atoms with Crippen LogP contribution in [0.15, 0.2) is 0 Å². The van der Waals surface area contributed by atoms with Crippen LogP contribution < -0.4 is 5.32 Å². The molecule has 0 unspecified atom stereocenters. The number of nitrogens with one attached hydrogen (secondary N) is 1. The minimum absolute atomic E-state index is 0.0835. The number of carbonyl (C=O) groups excluding carboxylic acids is 1. The van der Waals surface area contributed by atoms with Gasteiger partial charge in [0.25, 0.3) is 0 Å². The topological polar surface area (TPSA) is 47.6 Å². The summed E-state index contributed by atoms with van der Waals surface area (Å²) in [5.74, 6) is 0.203. The summed E-state index contributed by atoms with van der Waals surface area (Å²) in [5, 5.41) is 2.69. The van der Waals surface area contributed by atoms with Gasteiger partial charge in [0, 0.05) is 26.2 Å². The van der Waals surface area contributed by atoms with Gasteiger partial charge in [0.1, 0.15) is 6.73 Å². The molecule has 4 nitrogen and oxygen atoms in total. The number of carbonyl (C=O) groups is 1. The second kappa shape index (κ2) is 5.11. The van der Waals surface area contributed by atoms with Crippen molar-refractivity contribution < 1.29 is 14.3 Å². The summed E-state index contributed by atoms with van der Waals surface area (Å²) in [5.41, 5.74) is 0. The lowest BCUT2D eigenvalue weighted by molar-refractivity contribution is -0.129. The van der Waals surface area contributed by atoms with Crippen molar-refractivity contribution in [2.24, 2.45) is 5.92 Å². The van der Waals surface area contributed by atoms with Gasteiger partial charge in [-0.3, -0.25) is 4.79 Å². The maximum Gasteiger partial charge on any atom is 0.225 e. The molecule has 0 aromatic rings. The second-order valence-corrected chi connectivity index (χ2v) is 2.86. The maximum atomic E-state index is 11.3. The summed E-state index contributed by atoms with van der Waals surface area (Å²) in [4.78, 5) is 11.3. The van der Waals surface area contributed by atoms with Gasteiger partial charge in [-0.2, -0.15) is 0 Å². The Labute approximate surface area is 72.2 Å². The molecule has 0 aromatic heterocycles. The molecule has 4 heteroatoms. The van der Waals surface area contributed by atoms with Crippen molar-refractivity contribution >= 4 is 5.91 Å². The van der Waals surface area contributed by atoms with Crippen LogP contribution in [0.25, 0.3) is 0 Å². The number of ether oxygens (including phenoxy) is 2. The third kappa shape index (κ3) is 2.79. The van der Waals surface area contributed by atoms with Crippen LogP contribution in [0.2, 0.25) is 0 Å². The van der Waals surface area contributed by atoms with E-state index in [9.17, 15) is 4.79 Å². The molecule has 1 aliphatic rings. The van der Waals surface area contributed by atoms with Crippen LogP contribution in [0.5, 0.6) is 0 Å². The monoisotopic (exact) mass is 173 g/mol. The van der Waals surface area contributed by atoms with Gasteiger partial charge in [-0.25, -0.2) is 0 Å². The van der Waals surface area contributed by atoms with E-state index in [1.165, 1.54) is 0 Å². The van der Waals surface area contributed by atoms with Gasteiger partial charge >= 0.3 is 0 Å². The fourth-order valence-electron chi connectivity index (χ4n) is 1.25. The summed E-state index contributed by atoms with van der Waals surface area (Å²) in [7, 11) is 1.56.